The third kappa shape index (κ3) is 3.38. The van der Waals surface area contributed by atoms with Crippen LogP contribution in [0.25, 0.3) is 28.1 Å². The molecule has 3 aromatic heterocycles. The summed E-state index contributed by atoms with van der Waals surface area (Å²) < 4.78 is 2.07. The zero-order chi connectivity index (χ0) is 20.3. The Hall–Kier alpha value is -2.50. The van der Waals surface area contributed by atoms with Gasteiger partial charge in [0, 0.05) is 23.6 Å². The summed E-state index contributed by atoms with van der Waals surface area (Å²) in [5.41, 5.74) is 5.65. The highest BCUT2D eigenvalue weighted by molar-refractivity contribution is 6.33. The molecule has 1 fully saturated rings. The van der Waals surface area contributed by atoms with Gasteiger partial charge in [0.1, 0.15) is 11.3 Å². The first-order valence-electron chi connectivity index (χ1n) is 9.96. The van der Waals surface area contributed by atoms with Crippen LogP contribution < -0.4 is 0 Å². The highest BCUT2D eigenvalue weighted by Gasteiger charge is 2.26. The number of fused-ring (bicyclic) bond motifs is 3. The Morgan fingerprint density at radius 1 is 1.17 bits per heavy atom. The molecule has 0 spiro atoms. The molecule has 5 nitrogen and oxygen atoms in total. The number of pyridine rings is 1. The molecule has 0 unspecified atom stereocenters. The molecule has 148 valence electrons. The van der Waals surface area contributed by atoms with Crippen LogP contribution in [0.2, 0.25) is 5.02 Å². The van der Waals surface area contributed by atoms with Gasteiger partial charge in [-0.15, -0.1) is 0 Å². The van der Waals surface area contributed by atoms with Crippen LogP contribution in [-0.2, 0) is 6.42 Å². The SMILES string of the molecule is Cc1nc2ccc(C3CC3)nc2n2c(-c3cc(CC(C)(C)O)ccc3Cl)ncc12. The molecule has 0 radical (unpaired) electrons. The predicted octanol–water partition coefficient (Wildman–Crippen LogP) is 5.10. The van der Waals surface area contributed by atoms with Crippen LogP contribution in [0, 0.1) is 6.92 Å². The molecule has 0 atom stereocenters. The summed E-state index contributed by atoms with van der Waals surface area (Å²) in [5.74, 6) is 1.31. The number of halogens is 1. The minimum atomic E-state index is -0.798. The molecule has 0 saturated heterocycles. The first kappa shape index (κ1) is 18.5. The van der Waals surface area contributed by atoms with E-state index in [0.29, 0.717) is 17.4 Å². The topological polar surface area (TPSA) is 63.3 Å². The van der Waals surface area contributed by atoms with Gasteiger partial charge in [-0.2, -0.15) is 0 Å². The van der Waals surface area contributed by atoms with Crippen molar-refractivity contribution in [2.24, 2.45) is 0 Å². The Kier molecular flexibility index (Phi) is 4.16. The second-order valence-electron chi connectivity index (χ2n) is 8.66. The van der Waals surface area contributed by atoms with Crippen LogP contribution in [0.4, 0.5) is 0 Å². The fourth-order valence-electron chi connectivity index (χ4n) is 3.92. The highest BCUT2D eigenvalue weighted by Crippen LogP contribution is 2.40. The summed E-state index contributed by atoms with van der Waals surface area (Å²) in [6, 6.07) is 9.98. The molecule has 0 aliphatic heterocycles. The van der Waals surface area contributed by atoms with Gasteiger partial charge < -0.3 is 5.11 Å². The predicted molar refractivity (Wildman–Crippen MR) is 115 cm³/mol. The molecule has 0 amide bonds. The molecule has 1 aliphatic rings. The number of hydrogen-bond donors (Lipinski definition) is 1. The molecule has 1 aromatic carbocycles. The highest BCUT2D eigenvalue weighted by atomic mass is 35.5. The van der Waals surface area contributed by atoms with Crippen molar-refractivity contribution in [2.45, 2.75) is 51.6 Å². The number of hydrogen-bond acceptors (Lipinski definition) is 4. The Morgan fingerprint density at radius 2 is 1.97 bits per heavy atom. The van der Waals surface area contributed by atoms with Gasteiger partial charge in [0.2, 0.25) is 0 Å². The Bertz CT molecular complexity index is 1250. The van der Waals surface area contributed by atoms with E-state index in [-0.39, 0.29) is 0 Å². The normalized spacial score (nSPS) is 14.8. The van der Waals surface area contributed by atoms with E-state index in [0.717, 1.165) is 45.0 Å². The lowest BCUT2D eigenvalue weighted by atomic mass is 9.97. The molecule has 1 aliphatic carbocycles. The maximum Gasteiger partial charge on any atom is 0.165 e. The fourth-order valence-corrected chi connectivity index (χ4v) is 4.12. The van der Waals surface area contributed by atoms with Crippen molar-refractivity contribution >= 4 is 28.3 Å². The van der Waals surface area contributed by atoms with Gasteiger partial charge in [0.05, 0.1) is 28.0 Å². The molecular weight excluding hydrogens is 384 g/mol. The van der Waals surface area contributed by atoms with Crippen molar-refractivity contribution < 1.29 is 5.11 Å². The van der Waals surface area contributed by atoms with Gasteiger partial charge >= 0.3 is 0 Å². The second-order valence-corrected chi connectivity index (χ2v) is 9.06. The maximum absolute atomic E-state index is 10.2. The number of imidazole rings is 1. The van der Waals surface area contributed by atoms with Crippen LogP contribution in [0.15, 0.2) is 36.5 Å². The molecule has 29 heavy (non-hydrogen) atoms. The summed E-state index contributed by atoms with van der Waals surface area (Å²) in [4.78, 5) is 14.4. The van der Waals surface area contributed by atoms with Crippen LogP contribution in [0.3, 0.4) is 0 Å². The van der Waals surface area contributed by atoms with Crippen molar-refractivity contribution in [3.8, 4) is 11.4 Å². The molecule has 4 aromatic rings. The first-order valence-corrected chi connectivity index (χ1v) is 10.3. The minimum absolute atomic E-state index is 0.534. The number of rotatable bonds is 4. The van der Waals surface area contributed by atoms with E-state index < -0.39 is 5.60 Å². The number of aryl methyl sites for hydroxylation is 1. The molecular formula is C23H23ClN4O. The van der Waals surface area contributed by atoms with Gasteiger partial charge in [-0.25, -0.2) is 15.0 Å². The molecule has 5 rings (SSSR count). The average molecular weight is 407 g/mol. The lowest BCUT2D eigenvalue weighted by molar-refractivity contribution is 0.0810. The van der Waals surface area contributed by atoms with Gasteiger partial charge in [-0.05, 0) is 63.4 Å². The molecule has 3 heterocycles. The van der Waals surface area contributed by atoms with Crippen molar-refractivity contribution in [3.05, 3.63) is 58.5 Å². The third-order valence-electron chi connectivity index (χ3n) is 5.41. The summed E-state index contributed by atoms with van der Waals surface area (Å²) in [6.45, 7) is 5.59. The van der Waals surface area contributed by atoms with E-state index >= 15 is 0 Å². The van der Waals surface area contributed by atoms with Crippen LogP contribution in [0.1, 0.15) is 49.6 Å². The molecule has 1 N–H and O–H groups in total. The Morgan fingerprint density at radius 3 is 2.69 bits per heavy atom. The Balaban J connectivity index is 1.76. The van der Waals surface area contributed by atoms with E-state index in [4.69, 9.17) is 26.6 Å². The number of benzene rings is 1. The van der Waals surface area contributed by atoms with Crippen LogP contribution >= 0.6 is 11.6 Å². The van der Waals surface area contributed by atoms with Crippen molar-refractivity contribution in [1.29, 1.82) is 0 Å². The van der Waals surface area contributed by atoms with Crippen molar-refractivity contribution in [1.82, 2.24) is 19.4 Å². The van der Waals surface area contributed by atoms with Crippen molar-refractivity contribution in [2.75, 3.05) is 0 Å². The van der Waals surface area contributed by atoms with Crippen molar-refractivity contribution in [3.63, 3.8) is 0 Å². The van der Waals surface area contributed by atoms with E-state index in [1.165, 1.54) is 12.8 Å². The Labute approximate surface area is 174 Å². The first-order chi connectivity index (χ1) is 13.8. The standard InChI is InChI=1S/C23H23ClN4O/c1-13-20-12-25-21(16-10-14(4-7-17(16)24)11-23(2,3)29)28(20)22-19(26-13)9-8-18(27-22)15-5-6-15/h4,7-10,12,15,29H,5-6,11H2,1-3H3. The maximum atomic E-state index is 10.2. The van der Waals surface area contributed by atoms with Gasteiger partial charge in [0.25, 0.3) is 0 Å². The minimum Gasteiger partial charge on any atom is -0.390 e. The second kappa shape index (κ2) is 6.51. The van der Waals surface area contributed by atoms with Gasteiger partial charge in [-0.1, -0.05) is 17.7 Å². The number of nitrogens with zero attached hydrogens (tertiary/aromatic N) is 4. The monoisotopic (exact) mass is 406 g/mol. The average Bonchev–Trinajstić information content (AvgIpc) is 3.40. The molecule has 0 bridgehead atoms. The molecule has 6 heteroatoms. The number of aromatic nitrogens is 4. The van der Waals surface area contributed by atoms with E-state index in [2.05, 4.69) is 16.5 Å². The van der Waals surface area contributed by atoms with Crippen LogP contribution in [-0.4, -0.2) is 30.1 Å². The quantitative estimate of drug-likeness (QED) is 0.512. The zero-order valence-corrected chi connectivity index (χ0v) is 17.5. The smallest absolute Gasteiger partial charge is 0.165 e. The van der Waals surface area contributed by atoms with E-state index in [1.807, 2.05) is 31.3 Å². The largest absolute Gasteiger partial charge is 0.390 e. The summed E-state index contributed by atoms with van der Waals surface area (Å²) in [5, 5.41) is 10.9. The summed E-state index contributed by atoms with van der Waals surface area (Å²) in [6.07, 6.45) is 4.76. The van der Waals surface area contributed by atoms with E-state index in [9.17, 15) is 5.11 Å². The third-order valence-corrected chi connectivity index (χ3v) is 5.74. The lowest BCUT2D eigenvalue weighted by Crippen LogP contribution is -2.21. The zero-order valence-electron chi connectivity index (χ0n) is 16.8. The lowest BCUT2D eigenvalue weighted by Gasteiger charge is -2.18. The number of aliphatic hydroxyl groups is 1. The summed E-state index contributed by atoms with van der Waals surface area (Å²) >= 11 is 6.59. The fraction of sp³-hybridized carbons (Fsp3) is 0.348. The summed E-state index contributed by atoms with van der Waals surface area (Å²) in [7, 11) is 0. The molecule has 1 saturated carbocycles. The van der Waals surface area contributed by atoms with Crippen LogP contribution in [0.5, 0.6) is 0 Å². The van der Waals surface area contributed by atoms with Gasteiger partial charge in [-0.3, -0.25) is 4.40 Å². The van der Waals surface area contributed by atoms with Gasteiger partial charge in [0.15, 0.2) is 5.65 Å². The van der Waals surface area contributed by atoms with E-state index in [1.54, 1.807) is 13.8 Å².